The fraction of sp³-hybridized carbons (Fsp3) is 0.667. The summed E-state index contributed by atoms with van der Waals surface area (Å²) in [5.74, 6) is 1.76. The number of halogens is 2. The highest BCUT2D eigenvalue weighted by molar-refractivity contribution is 5.85. The van der Waals surface area contributed by atoms with Gasteiger partial charge in [-0.2, -0.15) is 0 Å². The standard InChI is InChI=1S/C18H28N2O3.2ClH/c1-22-15-11-14(12-16(23-2)18(15)21)17(13-5-3-4-6-13)20-9-7-19-8-10-20;;/h11-13,17,19,21H,3-10H2,1-2H3;2*1H/t17-;;/m0../s1. The van der Waals surface area contributed by atoms with Crippen molar-refractivity contribution in [3.05, 3.63) is 17.7 Å². The molecule has 2 N–H and O–H groups in total. The molecular formula is C18H30Cl2N2O3. The molecule has 1 saturated carbocycles. The Morgan fingerprint density at radius 1 is 1.04 bits per heavy atom. The van der Waals surface area contributed by atoms with Crippen molar-refractivity contribution in [1.82, 2.24) is 10.2 Å². The first-order valence-corrected chi connectivity index (χ1v) is 8.64. The number of piperazine rings is 1. The van der Waals surface area contributed by atoms with E-state index in [4.69, 9.17) is 9.47 Å². The summed E-state index contributed by atoms with van der Waals surface area (Å²) >= 11 is 0. The van der Waals surface area contributed by atoms with Gasteiger partial charge >= 0.3 is 0 Å². The molecule has 1 aromatic carbocycles. The summed E-state index contributed by atoms with van der Waals surface area (Å²) in [7, 11) is 3.18. The van der Waals surface area contributed by atoms with E-state index in [9.17, 15) is 5.11 Å². The van der Waals surface area contributed by atoms with Crippen LogP contribution in [0.2, 0.25) is 0 Å². The molecule has 2 aliphatic rings. The number of nitrogens with zero attached hydrogens (tertiary/aromatic N) is 1. The Hall–Kier alpha value is -0.880. The number of methoxy groups -OCH3 is 2. The first-order valence-electron chi connectivity index (χ1n) is 8.64. The molecule has 1 aromatic rings. The fourth-order valence-electron chi connectivity index (χ4n) is 4.10. The van der Waals surface area contributed by atoms with E-state index >= 15 is 0 Å². The minimum Gasteiger partial charge on any atom is -0.502 e. The van der Waals surface area contributed by atoms with Gasteiger partial charge in [0.1, 0.15) is 0 Å². The van der Waals surface area contributed by atoms with Gasteiger partial charge in [-0.15, -0.1) is 24.8 Å². The lowest BCUT2D eigenvalue weighted by Gasteiger charge is -2.39. The molecule has 1 aliphatic heterocycles. The number of benzene rings is 1. The molecule has 1 aliphatic carbocycles. The SMILES string of the molecule is COc1cc([C@H](C2CCCC2)N2CCNCC2)cc(OC)c1O.Cl.Cl. The monoisotopic (exact) mass is 392 g/mol. The van der Waals surface area contributed by atoms with Crippen LogP contribution >= 0.6 is 24.8 Å². The summed E-state index contributed by atoms with van der Waals surface area (Å²) in [6.07, 6.45) is 5.19. The highest BCUT2D eigenvalue weighted by Crippen LogP contribution is 2.45. The van der Waals surface area contributed by atoms with E-state index in [2.05, 4.69) is 10.2 Å². The van der Waals surface area contributed by atoms with Gasteiger partial charge in [0, 0.05) is 32.2 Å². The molecule has 1 saturated heterocycles. The van der Waals surface area contributed by atoms with Crippen molar-refractivity contribution in [2.45, 2.75) is 31.7 Å². The topological polar surface area (TPSA) is 54.0 Å². The maximum atomic E-state index is 10.2. The van der Waals surface area contributed by atoms with Crippen LogP contribution in [-0.4, -0.2) is 50.4 Å². The minimum atomic E-state index is 0. The van der Waals surface area contributed by atoms with Gasteiger partial charge in [-0.1, -0.05) is 12.8 Å². The third kappa shape index (κ3) is 4.85. The molecule has 5 nitrogen and oxygen atoms in total. The van der Waals surface area contributed by atoms with Crippen molar-refractivity contribution in [1.29, 1.82) is 0 Å². The first kappa shape index (κ1) is 22.2. The summed E-state index contributed by atoms with van der Waals surface area (Å²) < 4.78 is 10.7. The van der Waals surface area contributed by atoms with Gasteiger partial charge in [0.05, 0.1) is 14.2 Å². The smallest absolute Gasteiger partial charge is 0.200 e. The van der Waals surface area contributed by atoms with Crippen LogP contribution in [0.1, 0.15) is 37.3 Å². The van der Waals surface area contributed by atoms with E-state index in [1.54, 1.807) is 14.2 Å². The molecule has 25 heavy (non-hydrogen) atoms. The summed E-state index contributed by atoms with van der Waals surface area (Å²) in [6, 6.07) is 4.36. The number of aromatic hydroxyl groups is 1. The average molecular weight is 393 g/mol. The predicted molar refractivity (Wildman–Crippen MR) is 105 cm³/mol. The van der Waals surface area contributed by atoms with E-state index in [1.807, 2.05) is 12.1 Å². The van der Waals surface area contributed by atoms with Crippen molar-refractivity contribution in [2.24, 2.45) is 5.92 Å². The average Bonchev–Trinajstić information content (AvgIpc) is 3.11. The van der Waals surface area contributed by atoms with Crippen molar-refractivity contribution in [2.75, 3.05) is 40.4 Å². The van der Waals surface area contributed by atoms with Crippen LogP contribution in [-0.2, 0) is 0 Å². The van der Waals surface area contributed by atoms with Crippen molar-refractivity contribution < 1.29 is 14.6 Å². The Kier molecular flexibility index (Phi) is 9.14. The molecule has 0 amide bonds. The van der Waals surface area contributed by atoms with Crippen molar-refractivity contribution >= 4 is 24.8 Å². The van der Waals surface area contributed by atoms with Crippen LogP contribution in [0.5, 0.6) is 17.2 Å². The van der Waals surface area contributed by atoms with E-state index in [-0.39, 0.29) is 30.6 Å². The first-order chi connectivity index (χ1) is 11.2. The normalized spacial score (nSPS) is 19.6. The molecule has 0 radical (unpaired) electrons. The van der Waals surface area contributed by atoms with Crippen LogP contribution in [0.4, 0.5) is 0 Å². The van der Waals surface area contributed by atoms with E-state index < -0.39 is 0 Å². The number of hydrogen-bond donors (Lipinski definition) is 2. The molecule has 1 atom stereocenters. The van der Waals surface area contributed by atoms with Crippen LogP contribution in [0.25, 0.3) is 0 Å². The molecular weight excluding hydrogens is 363 g/mol. The van der Waals surface area contributed by atoms with Gasteiger partial charge in [0.25, 0.3) is 0 Å². The summed E-state index contributed by atoms with van der Waals surface area (Å²) in [6.45, 7) is 4.20. The Morgan fingerprint density at radius 2 is 1.56 bits per heavy atom. The summed E-state index contributed by atoms with van der Waals surface area (Å²) in [5, 5.41) is 13.6. The van der Waals surface area contributed by atoms with Crippen molar-refractivity contribution in [3.8, 4) is 17.2 Å². The molecule has 144 valence electrons. The van der Waals surface area contributed by atoms with Gasteiger partial charge in [-0.05, 0) is 36.5 Å². The molecule has 0 aromatic heterocycles. The second-order valence-electron chi connectivity index (χ2n) is 6.55. The third-order valence-corrected chi connectivity index (χ3v) is 5.23. The van der Waals surface area contributed by atoms with Gasteiger partial charge < -0.3 is 19.9 Å². The molecule has 0 spiro atoms. The molecule has 3 rings (SSSR count). The number of rotatable bonds is 5. The summed E-state index contributed by atoms with van der Waals surface area (Å²) in [5.41, 5.74) is 1.20. The van der Waals surface area contributed by atoms with Crippen LogP contribution in [0.3, 0.4) is 0 Å². The second kappa shape index (κ2) is 10.3. The lowest BCUT2D eigenvalue weighted by atomic mass is 9.89. The summed E-state index contributed by atoms with van der Waals surface area (Å²) in [4.78, 5) is 2.58. The Morgan fingerprint density at radius 3 is 2.04 bits per heavy atom. The van der Waals surface area contributed by atoms with Crippen LogP contribution in [0.15, 0.2) is 12.1 Å². The zero-order chi connectivity index (χ0) is 16.2. The molecule has 0 bridgehead atoms. The number of hydrogen-bond acceptors (Lipinski definition) is 5. The highest BCUT2D eigenvalue weighted by Gasteiger charge is 2.33. The highest BCUT2D eigenvalue weighted by atomic mass is 35.5. The van der Waals surface area contributed by atoms with Crippen LogP contribution in [0, 0.1) is 5.92 Å². The van der Waals surface area contributed by atoms with Gasteiger partial charge in [0.15, 0.2) is 11.5 Å². The third-order valence-electron chi connectivity index (χ3n) is 5.23. The molecule has 0 unspecified atom stereocenters. The lowest BCUT2D eigenvalue weighted by molar-refractivity contribution is 0.125. The molecule has 7 heteroatoms. The molecule has 1 heterocycles. The zero-order valence-corrected chi connectivity index (χ0v) is 16.6. The number of phenols is 1. The van der Waals surface area contributed by atoms with Gasteiger partial charge in [-0.3, -0.25) is 4.90 Å². The number of phenolic OH excluding ortho intramolecular Hbond substituents is 1. The van der Waals surface area contributed by atoms with E-state index in [0.717, 1.165) is 26.2 Å². The maximum Gasteiger partial charge on any atom is 0.200 e. The Labute approximate surface area is 162 Å². The molecule has 2 fully saturated rings. The number of ether oxygens (including phenoxy) is 2. The van der Waals surface area contributed by atoms with Crippen LogP contribution < -0.4 is 14.8 Å². The lowest BCUT2D eigenvalue weighted by Crippen LogP contribution is -2.46. The second-order valence-corrected chi connectivity index (χ2v) is 6.55. The quantitative estimate of drug-likeness (QED) is 0.803. The van der Waals surface area contributed by atoms with Crippen molar-refractivity contribution in [3.63, 3.8) is 0 Å². The van der Waals surface area contributed by atoms with Gasteiger partial charge in [0.2, 0.25) is 5.75 Å². The Bertz CT molecular complexity index is 508. The predicted octanol–water partition coefficient (Wildman–Crippen LogP) is 3.39. The zero-order valence-electron chi connectivity index (χ0n) is 15.0. The fourth-order valence-corrected chi connectivity index (χ4v) is 4.10. The van der Waals surface area contributed by atoms with E-state index in [1.165, 1.54) is 31.2 Å². The Balaban J connectivity index is 0.00000156. The largest absolute Gasteiger partial charge is 0.502 e. The van der Waals surface area contributed by atoms with E-state index in [0.29, 0.717) is 23.5 Å². The number of nitrogens with one attached hydrogen (secondary N) is 1. The maximum absolute atomic E-state index is 10.2. The van der Waals surface area contributed by atoms with Gasteiger partial charge in [-0.25, -0.2) is 0 Å². The minimum absolute atomic E-state index is 0.